The van der Waals surface area contributed by atoms with E-state index in [0.29, 0.717) is 6.61 Å². The maximum Gasteiger partial charge on any atom is 0.108 e. The summed E-state index contributed by atoms with van der Waals surface area (Å²) in [6.45, 7) is 6.05. The average molecular weight is 217 g/mol. The number of ether oxygens (including phenoxy) is 2. The number of thioether (sulfide) groups is 1. The molecule has 0 aliphatic carbocycles. The molecule has 0 radical (unpaired) electrons. The smallest absolute Gasteiger partial charge is 0.108 e. The van der Waals surface area contributed by atoms with E-state index >= 15 is 0 Å². The normalized spacial score (nSPS) is 41.8. The van der Waals surface area contributed by atoms with Gasteiger partial charge in [-0.1, -0.05) is 0 Å². The summed E-state index contributed by atoms with van der Waals surface area (Å²) in [6.07, 6.45) is 1.22. The van der Waals surface area contributed by atoms with E-state index < -0.39 is 0 Å². The van der Waals surface area contributed by atoms with Crippen molar-refractivity contribution in [3.05, 3.63) is 0 Å². The summed E-state index contributed by atoms with van der Waals surface area (Å²) in [5, 5.41) is 3.70. The van der Waals surface area contributed by atoms with Crippen molar-refractivity contribution in [3.8, 4) is 0 Å². The summed E-state index contributed by atoms with van der Waals surface area (Å²) in [4.78, 5) is 0.0938. The van der Waals surface area contributed by atoms with Gasteiger partial charge in [0.15, 0.2) is 0 Å². The van der Waals surface area contributed by atoms with Crippen molar-refractivity contribution in [2.45, 2.75) is 36.8 Å². The first kappa shape index (κ1) is 10.7. The van der Waals surface area contributed by atoms with Crippen LogP contribution in [0.25, 0.3) is 0 Å². The largest absolute Gasteiger partial charge is 0.379 e. The zero-order valence-corrected chi connectivity index (χ0v) is 9.95. The van der Waals surface area contributed by atoms with Crippen LogP contribution in [0.4, 0.5) is 0 Å². The fraction of sp³-hybridized carbons (Fsp3) is 1.00. The van der Waals surface area contributed by atoms with Crippen molar-refractivity contribution in [2.75, 3.05) is 26.1 Å². The van der Waals surface area contributed by atoms with Gasteiger partial charge < -0.3 is 9.47 Å². The highest BCUT2D eigenvalue weighted by atomic mass is 32.2. The van der Waals surface area contributed by atoms with E-state index in [1.54, 1.807) is 7.11 Å². The standard InChI is InChI=1S/C10H19NO2S/c1-9(2)7-14-10(11-9)4-5-13-6-8(10)12-3/h8,11H,4-7H2,1-3H3. The SMILES string of the molecule is COC1COCCC12NC(C)(C)CS2. The summed E-state index contributed by atoms with van der Waals surface area (Å²) in [5.41, 5.74) is 0.221. The minimum atomic E-state index is 0.0938. The Morgan fingerprint density at radius 2 is 2.29 bits per heavy atom. The number of nitrogens with one attached hydrogen (secondary N) is 1. The lowest BCUT2D eigenvalue weighted by atomic mass is 10.0. The Balaban J connectivity index is 2.13. The molecular weight excluding hydrogens is 198 g/mol. The second-order valence-corrected chi connectivity index (χ2v) is 6.04. The van der Waals surface area contributed by atoms with Gasteiger partial charge in [0.25, 0.3) is 0 Å². The fourth-order valence-electron chi connectivity index (χ4n) is 2.23. The van der Waals surface area contributed by atoms with Crippen molar-refractivity contribution < 1.29 is 9.47 Å². The van der Waals surface area contributed by atoms with Gasteiger partial charge >= 0.3 is 0 Å². The van der Waals surface area contributed by atoms with Crippen LogP contribution in [0.15, 0.2) is 0 Å². The quantitative estimate of drug-likeness (QED) is 0.716. The molecule has 1 N–H and O–H groups in total. The second kappa shape index (κ2) is 3.67. The van der Waals surface area contributed by atoms with Crippen LogP contribution in [0.5, 0.6) is 0 Å². The van der Waals surface area contributed by atoms with Crippen molar-refractivity contribution in [1.82, 2.24) is 5.32 Å². The Bertz CT molecular complexity index is 222. The average Bonchev–Trinajstić information content (AvgIpc) is 2.44. The number of hydrogen-bond donors (Lipinski definition) is 1. The molecular formula is C10H19NO2S. The van der Waals surface area contributed by atoms with Crippen LogP contribution < -0.4 is 5.32 Å². The maximum atomic E-state index is 5.51. The molecule has 0 aromatic rings. The third-order valence-electron chi connectivity index (χ3n) is 2.93. The maximum absolute atomic E-state index is 5.51. The van der Waals surface area contributed by atoms with Crippen LogP contribution in [0.3, 0.4) is 0 Å². The van der Waals surface area contributed by atoms with Crippen LogP contribution in [0.1, 0.15) is 20.3 Å². The van der Waals surface area contributed by atoms with Crippen molar-refractivity contribution >= 4 is 11.8 Å². The highest BCUT2D eigenvalue weighted by Gasteiger charge is 2.50. The fourth-order valence-corrected chi connectivity index (χ4v) is 3.85. The van der Waals surface area contributed by atoms with Crippen molar-refractivity contribution in [2.24, 2.45) is 0 Å². The molecule has 2 rings (SSSR count). The second-order valence-electron chi connectivity index (χ2n) is 4.74. The number of methoxy groups -OCH3 is 1. The topological polar surface area (TPSA) is 30.5 Å². The van der Waals surface area contributed by atoms with Gasteiger partial charge in [-0.15, -0.1) is 11.8 Å². The molecule has 2 atom stereocenters. The summed E-state index contributed by atoms with van der Waals surface area (Å²) < 4.78 is 11.0. The van der Waals surface area contributed by atoms with Crippen LogP contribution in [-0.2, 0) is 9.47 Å². The van der Waals surface area contributed by atoms with Crippen LogP contribution in [0.2, 0.25) is 0 Å². The van der Waals surface area contributed by atoms with Gasteiger partial charge in [-0.2, -0.15) is 0 Å². The third kappa shape index (κ3) is 1.81. The lowest BCUT2D eigenvalue weighted by Crippen LogP contribution is -2.58. The lowest BCUT2D eigenvalue weighted by Gasteiger charge is -2.41. The molecule has 1 spiro atoms. The Kier molecular flexibility index (Phi) is 2.81. The summed E-state index contributed by atoms with van der Waals surface area (Å²) in [7, 11) is 1.77. The Morgan fingerprint density at radius 3 is 2.86 bits per heavy atom. The molecule has 2 saturated heterocycles. The van der Waals surface area contributed by atoms with E-state index in [4.69, 9.17) is 9.47 Å². The van der Waals surface area contributed by atoms with E-state index in [9.17, 15) is 0 Å². The molecule has 0 aromatic carbocycles. The van der Waals surface area contributed by atoms with Gasteiger partial charge in [-0.05, 0) is 13.8 Å². The van der Waals surface area contributed by atoms with Gasteiger partial charge in [0.2, 0.25) is 0 Å². The molecule has 4 heteroatoms. The molecule has 0 amide bonds. The molecule has 2 unspecified atom stereocenters. The lowest BCUT2D eigenvalue weighted by molar-refractivity contribution is -0.0624. The van der Waals surface area contributed by atoms with Gasteiger partial charge in [0.05, 0.1) is 11.5 Å². The first-order valence-corrected chi connectivity index (χ1v) is 6.10. The highest BCUT2D eigenvalue weighted by molar-refractivity contribution is 8.01. The number of rotatable bonds is 1. The summed E-state index contributed by atoms with van der Waals surface area (Å²) in [5.74, 6) is 1.15. The highest BCUT2D eigenvalue weighted by Crippen LogP contribution is 2.43. The molecule has 2 aliphatic rings. The number of hydrogen-bond acceptors (Lipinski definition) is 4. The predicted octanol–water partition coefficient (Wildman–Crippen LogP) is 1.23. The zero-order valence-electron chi connectivity index (χ0n) is 9.13. The predicted molar refractivity (Wildman–Crippen MR) is 58.6 cm³/mol. The third-order valence-corrected chi connectivity index (χ3v) is 4.88. The molecule has 2 aliphatic heterocycles. The molecule has 0 aromatic heterocycles. The Hall–Kier alpha value is 0.230. The van der Waals surface area contributed by atoms with Gasteiger partial charge in [-0.25, -0.2) is 0 Å². The van der Waals surface area contributed by atoms with Crippen LogP contribution >= 0.6 is 11.8 Å². The van der Waals surface area contributed by atoms with E-state index in [1.807, 2.05) is 11.8 Å². The van der Waals surface area contributed by atoms with Crippen LogP contribution in [-0.4, -0.2) is 42.6 Å². The van der Waals surface area contributed by atoms with Gasteiger partial charge in [0, 0.05) is 31.4 Å². The monoisotopic (exact) mass is 217 g/mol. The minimum Gasteiger partial charge on any atom is -0.379 e. The molecule has 2 heterocycles. The van der Waals surface area contributed by atoms with Gasteiger partial charge in [-0.3, -0.25) is 5.32 Å². The minimum absolute atomic E-state index is 0.0938. The van der Waals surface area contributed by atoms with E-state index in [-0.39, 0.29) is 16.5 Å². The molecule has 0 bridgehead atoms. The van der Waals surface area contributed by atoms with Crippen molar-refractivity contribution in [1.29, 1.82) is 0 Å². The first-order chi connectivity index (χ1) is 6.58. The van der Waals surface area contributed by atoms with E-state index in [0.717, 1.165) is 18.8 Å². The molecule has 82 valence electrons. The van der Waals surface area contributed by atoms with E-state index in [2.05, 4.69) is 19.2 Å². The molecule has 3 nitrogen and oxygen atoms in total. The zero-order chi connectivity index (χ0) is 10.2. The first-order valence-electron chi connectivity index (χ1n) is 5.12. The summed E-state index contributed by atoms with van der Waals surface area (Å²) in [6, 6.07) is 0. The summed E-state index contributed by atoms with van der Waals surface area (Å²) >= 11 is 1.99. The molecule has 14 heavy (non-hydrogen) atoms. The van der Waals surface area contributed by atoms with Gasteiger partial charge in [0.1, 0.15) is 6.10 Å². The van der Waals surface area contributed by atoms with E-state index in [1.165, 1.54) is 0 Å². The molecule has 0 saturated carbocycles. The molecule has 2 fully saturated rings. The Morgan fingerprint density at radius 1 is 1.50 bits per heavy atom. The van der Waals surface area contributed by atoms with Crippen LogP contribution in [0, 0.1) is 0 Å². The van der Waals surface area contributed by atoms with Crippen molar-refractivity contribution in [3.63, 3.8) is 0 Å². The Labute approximate surface area is 89.9 Å².